The first kappa shape index (κ1) is 13.8. The average molecular weight is 289 g/mol. The number of aryl methyl sites for hydroxylation is 1. The Labute approximate surface area is 122 Å². The van der Waals surface area contributed by atoms with Crippen molar-refractivity contribution >= 4 is 23.0 Å². The van der Waals surface area contributed by atoms with Crippen LogP contribution in [-0.4, -0.2) is 43.7 Å². The fraction of sp³-hybridized carbons (Fsp3) is 0.571. The number of nitrogens with zero attached hydrogens (tertiary/aromatic N) is 5. The van der Waals surface area contributed by atoms with Crippen LogP contribution in [0.3, 0.4) is 0 Å². The maximum Gasteiger partial charge on any atom is 0.308 e. The third kappa shape index (κ3) is 2.43. The molecule has 3 rings (SSSR count). The number of carbonyl (C=O) groups is 1. The molecule has 1 aliphatic heterocycles. The molecular formula is C14H19N5O2. The number of hydrogen-bond donors (Lipinski definition) is 1. The van der Waals surface area contributed by atoms with E-state index in [4.69, 9.17) is 0 Å². The Morgan fingerprint density at radius 2 is 2.19 bits per heavy atom. The molecule has 0 bridgehead atoms. The van der Waals surface area contributed by atoms with E-state index in [1.165, 1.54) is 6.33 Å². The number of piperidine rings is 1. The summed E-state index contributed by atoms with van der Waals surface area (Å²) in [6, 6.07) is 0. The summed E-state index contributed by atoms with van der Waals surface area (Å²) in [7, 11) is 0. The Morgan fingerprint density at radius 3 is 2.90 bits per heavy atom. The highest BCUT2D eigenvalue weighted by atomic mass is 16.4. The maximum absolute atomic E-state index is 11.3. The molecule has 2 aromatic heterocycles. The zero-order valence-electron chi connectivity index (χ0n) is 12.2. The number of carboxylic acids is 1. The van der Waals surface area contributed by atoms with Crippen molar-refractivity contribution in [2.75, 3.05) is 18.0 Å². The number of anilines is 1. The van der Waals surface area contributed by atoms with Crippen LogP contribution in [0.2, 0.25) is 0 Å². The molecule has 0 spiro atoms. The Balaban J connectivity index is 1.99. The number of fused-ring (bicyclic) bond motifs is 1. The second-order valence-electron chi connectivity index (χ2n) is 5.68. The van der Waals surface area contributed by atoms with Crippen molar-refractivity contribution in [2.45, 2.75) is 26.8 Å². The van der Waals surface area contributed by atoms with Crippen LogP contribution in [0, 0.1) is 11.8 Å². The van der Waals surface area contributed by atoms with E-state index in [-0.39, 0.29) is 5.92 Å². The highest BCUT2D eigenvalue weighted by molar-refractivity contribution is 5.83. The van der Waals surface area contributed by atoms with Crippen molar-refractivity contribution in [3.63, 3.8) is 0 Å². The van der Waals surface area contributed by atoms with Crippen molar-refractivity contribution in [1.82, 2.24) is 19.5 Å². The summed E-state index contributed by atoms with van der Waals surface area (Å²) in [6.45, 7) is 6.18. The molecule has 21 heavy (non-hydrogen) atoms. The van der Waals surface area contributed by atoms with Crippen LogP contribution >= 0.6 is 0 Å². The normalized spacial score (nSPS) is 22.7. The van der Waals surface area contributed by atoms with Crippen LogP contribution < -0.4 is 4.90 Å². The number of hydrogen-bond acceptors (Lipinski definition) is 5. The molecule has 0 aliphatic carbocycles. The van der Waals surface area contributed by atoms with Crippen LogP contribution in [0.4, 0.5) is 5.82 Å². The number of rotatable bonds is 3. The topological polar surface area (TPSA) is 84.1 Å². The molecule has 0 saturated carbocycles. The third-order valence-corrected chi connectivity index (χ3v) is 4.03. The maximum atomic E-state index is 11.3. The number of carboxylic acid groups (broad SMARTS) is 1. The van der Waals surface area contributed by atoms with E-state index in [1.54, 1.807) is 6.33 Å². The van der Waals surface area contributed by atoms with Gasteiger partial charge in [-0.15, -0.1) is 0 Å². The number of imidazole rings is 1. The Bertz CT molecular complexity index is 668. The summed E-state index contributed by atoms with van der Waals surface area (Å²) in [5, 5.41) is 9.30. The van der Waals surface area contributed by atoms with E-state index in [9.17, 15) is 9.90 Å². The minimum atomic E-state index is -0.740. The molecule has 2 unspecified atom stereocenters. The van der Waals surface area contributed by atoms with Crippen LogP contribution in [0.1, 0.15) is 20.3 Å². The van der Waals surface area contributed by atoms with Crippen molar-refractivity contribution in [1.29, 1.82) is 0 Å². The molecule has 7 heteroatoms. The van der Waals surface area contributed by atoms with Crippen molar-refractivity contribution in [2.24, 2.45) is 11.8 Å². The third-order valence-electron chi connectivity index (χ3n) is 4.03. The monoisotopic (exact) mass is 289 g/mol. The van der Waals surface area contributed by atoms with Gasteiger partial charge in [-0.2, -0.15) is 0 Å². The molecule has 1 saturated heterocycles. The highest BCUT2D eigenvalue weighted by Gasteiger charge is 2.31. The smallest absolute Gasteiger partial charge is 0.308 e. The summed E-state index contributed by atoms with van der Waals surface area (Å²) in [5.41, 5.74) is 1.55. The first-order valence-electron chi connectivity index (χ1n) is 7.23. The zero-order valence-corrected chi connectivity index (χ0v) is 12.2. The second kappa shape index (κ2) is 5.31. The van der Waals surface area contributed by atoms with Gasteiger partial charge in [0, 0.05) is 19.6 Å². The lowest BCUT2D eigenvalue weighted by atomic mass is 9.90. The largest absolute Gasteiger partial charge is 0.481 e. The van der Waals surface area contributed by atoms with E-state index in [2.05, 4.69) is 21.9 Å². The molecule has 1 N–H and O–H groups in total. The van der Waals surface area contributed by atoms with Gasteiger partial charge in [-0.3, -0.25) is 4.79 Å². The van der Waals surface area contributed by atoms with E-state index >= 15 is 0 Å². The Kier molecular flexibility index (Phi) is 3.48. The molecule has 0 radical (unpaired) electrons. The summed E-state index contributed by atoms with van der Waals surface area (Å²) in [6.07, 6.45) is 3.99. The fourth-order valence-electron chi connectivity index (χ4n) is 3.03. The lowest BCUT2D eigenvalue weighted by Gasteiger charge is -2.35. The number of aromatic nitrogens is 4. The molecule has 0 aromatic carbocycles. The molecular weight excluding hydrogens is 270 g/mol. The zero-order chi connectivity index (χ0) is 15.0. The molecule has 1 aliphatic rings. The minimum Gasteiger partial charge on any atom is -0.481 e. The van der Waals surface area contributed by atoms with Crippen molar-refractivity contribution < 1.29 is 9.90 Å². The van der Waals surface area contributed by atoms with Crippen LogP contribution in [0.5, 0.6) is 0 Å². The van der Waals surface area contributed by atoms with Gasteiger partial charge in [0.25, 0.3) is 0 Å². The molecule has 3 heterocycles. The van der Waals surface area contributed by atoms with Gasteiger partial charge in [0.15, 0.2) is 17.0 Å². The average Bonchev–Trinajstić information content (AvgIpc) is 2.89. The SMILES string of the molecule is CCn1cnc2c(N3CC(C)CC(C(=O)O)C3)ncnc21. The van der Waals surface area contributed by atoms with Crippen molar-refractivity contribution in [3.05, 3.63) is 12.7 Å². The molecule has 2 atom stereocenters. The van der Waals surface area contributed by atoms with Gasteiger partial charge in [0.1, 0.15) is 6.33 Å². The molecule has 0 amide bonds. The van der Waals surface area contributed by atoms with Crippen LogP contribution in [-0.2, 0) is 11.3 Å². The van der Waals surface area contributed by atoms with Gasteiger partial charge < -0.3 is 14.6 Å². The summed E-state index contributed by atoms with van der Waals surface area (Å²) in [5.74, 6) is -0.0360. The fourth-order valence-corrected chi connectivity index (χ4v) is 3.03. The Hall–Kier alpha value is -2.18. The molecule has 7 nitrogen and oxygen atoms in total. The standard InChI is InChI=1S/C14H19N5O2/c1-3-18-8-17-11-12(18)15-7-16-13(11)19-5-9(2)4-10(6-19)14(20)21/h7-10H,3-6H2,1-2H3,(H,20,21). The quantitative estimate of drug-likeness (QED) is 0.919. The summed E-state index contributed by atoms with van der Waals surface area (Å²) in [4.78, 5) is 26.4. The number of aliphatic carboxylic acids is 1. The van der Waals surface area contributed by atoms with Gasteiger partial charge in [0.2, 0.25) is 0 Å². The Morgan fingerprint density at radius 1 is 1.38 bits per heavy atom. The van der Waals surface area contributed by atoms with Gasteiger partial charge in [0.05, 0.1) is 12.2 Å². The molecule has 112 valence electrons. The molecule has 1 fully saturated rings. The van der Waals surface area contributed by atoms with Crippen molar-refractivity contribution in [3.8, 4) is 0 Å². The first-order valence-corrected chi connectivity index (χ1v) is 7.23. The highest BCUT2D eigenvalue weighted by Crippen LogP contribution is 2.29. The predicted molar refractivity (Wildman–Crippen MR) is 78.1 cm³/mol. The second-order valence-corrected chi connectivity index (χ2v) is 5.68. The van der Waals surface area contributed by atoms with E-state index < -0.39 is 5.97 Å². The first-order chi connectivity index (χ1) is 10.1. The minimum absolute atomic E-state index is 0.318. The van der Waals surface area contributed by atoms with Crippen LogP contribution in [0.15, 0.2) is 12.7 Å². The van der Waals surface area contributed by atoms with Gasteiger partial charge in [-0.25, -0.2) is 15.0 Å². The summed E-state index contributed by atoms with van der Waals surface area (Å²) >= 11 is 0. The lowest BCUT2D eigenvalue weighted by Crippen LogP contribution is -2.43. The van der Waals surface area contributed by atoms with Crippen LogP contribution in [0.25, 0.3) is 11.2 Å². The van der Waals surface area contributed by atoms with E-state index in [0.717, 1.165) is 30.1 Å². The van der Waals surface area contributed by atoms with Gasteiger partial charge >= 0.3 is 5.97 Å². The van der Waals surface area contributed by atoms with E-state index in [0.29, 0.717) is 18.9 Å². The lowest BCUT2D eigenvalue weighted by molar-refractivity contribution is -0.142. The summed E-state index contributed by atoms with van der Waals surface area (Å²) < 4.78 is 1.96. The van der Waals surface area contributed by atoms with Gasteiger partial charge in [-0.05, 0) is 19.3 Å². The molecule has 2 aromatic rings. The van der Waals surface area contributed by atoms with Gasteiger partial charge in [-0.1, -0.05) is 6.92 Å². The predicted octanol–water partition coefficient (Wildman–Crippen LogP) is 1.39. The van der Waals surface area contributed by atoms with E-state index in [1.807, 2.05) is 16.4 Å².